The molecule has 4 unspecified atom stereocenters. The predicted molar refractivity (Wildman–Crippen MR) is 168 cm³/mol. The molecular weight excluding hydrogens is 544 g/mol. The van der Waals surface area contributed by atoms with Crippen LogP contribution in [0.5, 0.6) is 0 Å². The van der Waals surface area contributed by atoms with Crippen molar-refractivity contribution in [1.29, 1.82) is 0 Å². The van der Waals surface area contributed by atoms with Crippen LogP contribution in [0.3, 0.4) is 0 Å². The summed E-state index contributed by atoms with van der Waals surface area (Å²) in [5, 5.41) is 15.2. The van der Waals surface area contributed by atoms with Gasteiger partial charge in [-0.05, 0) is 52.9 Å². The first kappa shape index (κ1) is 29.9. The van der Waals surface area contributed by atoms with Gasteiger partial charge in [-0.1, -0.05) is 91.9 Å². The zero-order valence-electron chi connectivity index (χ0n) is 24.0. The molecule has 4 atom stereocenters. The lowest BCUT2D eigenvalue weighted by atomic mass is 9.91. The van der Waals surface area contributed by atoms with Crippen LogP contribution in [0.4, 0.5) is 4.79 Å². The van der Waals surface area contributed by atoms with Gasteiger partial charge in [-0.2, -0.15) is 0 Å². The number of amides is 2. The maximum absolute atomic E-state index is 11.8. The molecule has 5 rings (SSSR count). The maximum Gasteiger partial charge on any atom is 0.315 e. The van der Waals surface area contributed by atoms with Crippen molar-refractivity contribution in [2.75, 3.05) is 12.3 Å². The highest BCUT2D eigenvalue weighted by Gasteiger charge is 2.38. The SMILES string of the molecule is CCNC(=O)NCc1cccc(-c2ccc(C3OC(CSc4ccccc4)C(C)C(c4ccc(CO)cc4)O3)cc2)c1. The molecule has 3 N–H and O–H groups in total. The normalized spacial score (nSPS) is 20.2. The molecule has 0 saturated carbocycles. The summed E-state index contributed by atoms with van der Waals surface area (Å²) in [5.41, 5.74) is 6.11. The Morgan fingerprint density at radius 1 is 0.810 bits per heavy atom. The van der Waals surface area contributed by atoms with E-state index in [4.69, 9.17) is 9.47 Å². The van der Waals surface area contributed by atoms with Gasteiger partial charge in [0.15, 0.2) is 6.29 Å². The zero-order chi connectivity index (χ0) is 29.3. The van der Waals surface area contributed by atoms with E-state index in [0.717, 1.165) is 39.1 Å². The van der Waals surface area contributed by atoms with Crippen LogP contribution in [0.25, 0.3) is 11.1 Å². The lowest BCUT2D eigenvalue weighted by Crippen LogP contribution is -2.38. The Labute approximate surface area is 252 Å². The third kappa shape index (κ3) is 7.61. The standard InChI is InChI=1S/C35H38N2O4S/c1-3-36-35(39)37-21-26-8-7-9-30(20-26)27-16-18-29(19-17-27)34-40-32(23-42-31-10-5-4-6-11-31)24(2)33(41-34)28-14-12-25(22-38)13-15-28/h4-20,24,32-34,38H,3,21-23H2,1-2H3,(H2,36,37,39). The molecule has 0 spiro atoms. The monoisotopic (exact) mass is 582 g/mol. The molecule has 1 fully saturated rings. The highest BCUT2D eigenvalue weighted by atomic mass is 32.2. The van der Waals surface area contributed by atoms with E-state index in [0.29, 0.717) is 13.1 Å². The van der Waals surface area contributed by atoms with Crippen molar-refractivity contribution in [3.8, 4) is 11.1 Å². The van der Waals surface area contributed by atoms with Crippen molar-refractivity contribution >= 4 is 17.8 Å². The summed E-state index contributed by atoms with van der Waals surface area (Å²) in [6, 6.07) is 34.8. The number of hydrogen-bond donors (Lipinski definition) is 3. The van der Waals surface area contributed by atoms with Crippen molar-refractivity contribution in [2.24, 2.45) is 5.92 Å². The first-order valence-electron chi connectivity index (χ1n) is 14.4. The van der Waals surface area contributed by atoms with Crippen molar-refractivity contribution in [2.45, 2.75) is 50.4 Å². The number of urea groups is 1. The minimum absolute atomic E-state index is 0.0173. The number of ether oxygens (including phenoxy) is 2. The molecule has 4 aromatic carbocycles. The molecule has 7 heteroatoms. The van der Waals surface area contributed by atoms with Crippen LogP contribution in [0.15, 0.2) is 108 Å². The summed E-state index contributed by atoms with van der Waals surface area (Å²) in [4.78, 5) is 13.0. The number of rotatable bonds is 10. The van der Waals surface area contributed by atoms with Gasteiger partial charge in [-0.3, -0.25) is 0 Å². The maximum atomic E-state index is 11.8. The van der Waals surface area contributed by atoms with Crippen LogP contribution in [-0.2, 0) is 22.6 Å². The van der Waals surface area contributed by atoms with Gasteiger partial charge in [0.2, 0.25) is 0 Å². The number of hydrogen-bond acceptors (Lipinski definition) is 5. The summed E-state index contributed by atoms with van der Waals surface area (Å²) in [6.45, 7) is 5.15. The van der Waals surface area contributed by atoms with Crippen LogP contribution >= 0.6 is 11.8 Å². The van der Waals surface area contributed by atoms with Gasteiger partial charge in [0.25, 0.3) is 0 Å². The third-order valence-corrected chi connectivity index (χ3v) is 8.62. The first-order chi connectivity index (χ1) is 20.5. The summed E-state index contributed by atoms with van der Waals surface area (Å²) < 4.78 is 13.2. The van der Waals surface area contributed by atoms with Gasteiger partial charge >= 0.3 is 6.03 Å². The molecule has 1 saturated heterocycles. The Morgan fingerprint density at radius 2 is 1.55 bits per heavy atom. The molecular formula is C35H38N2O4S. The van der Waals surface area contributed by atoms with E-state index < -0.39 is 6.29 Å². The number of thioether (sulfide) groups is 1. The molecule has 2 amide bonds. The Hall–Kier alpha value is -3.62. The summed E-state index contributed by atoms with van der Waals surface area (Å²) in [5.74, 6) is 0.943. The topological polar surface area (TPSA) is 79.8 Å². The molecule has 4 aromatic rings. The van der Waals surface area contributed by atoms with Crippen LogP contribution in [0, 0.1) is 5.92 Å². The van der Waals surface area contributed by atoms with Crippen LogP contribution < -0.4 is 10.6 Å². The van der Waals surface area contributed by atoms with Crippen LogP contribution in [-0.4, -0.2) is 29.5 Å². The Kier molecular flexibility index (Phi) is 10.3. The molecule has 6 nitrogen and oxygen atoms in total. The fraction of sp³-hybridized carbons (Fsp3) is 0.286. The molecule has 1 aliphatic rings. The lowest BCUT2D eigenvalue weighted by Gasteiger charge is -2.41. The van der Waals surface area contributed by atoms with Gasteiger partial charge in [0.1, 0.15) is 0 Å². The number of nitrogens with one attached hydrogen (secondary N) is 2. The minimum atomic E-state index is -0.508. The van der Waals surface area contributed by atoms with Gasteiger partial charge in [0, 0.05) is 35.2 Å². The number of aliphatic hydroxyl groups excluding tert-OH is 1. The largest absolute Gasteiger partial charge is 0.392 e. The van der Waals surface area contributed by atoms with Gasteiger partial charge < -0.3 is 25.2 Å². The summed E-state index contributed by atoms with van der Waals surface area (Å²) in [6.07, 6.45) is -0.677. The van der Waals surface area contributed by atoms with E-state index >= 15 is 0 Å². The van der Waals surface area contributed by atoms with Gasteiger partial charge in [-0.25, -0.2) is 4.79 Å². The van der Waals surface area contributed by atoms with E-state index in [2.05, 4.69) is 78.2 Å². The average molecular weight is 583 g/mol. The van der Waals surface area contributed by atoms with Crippen molar-refractivity contribution in [3.05, 3.63) is 125 Å². The highest BCUT2D eigenvalue weighted by Crippen LogP contribution is 2.43. The van der Waals surface area contributed by atoms with Crippen molar-refractivity contribution in [3.63, 3.8) is 0 Å². The molecule has 0 aromatic heterocycles. The highest BCUT2D eigenvalue weighted by molar-refractivity contribution is 7.99. The van der Waals surface area contributed by atoms with E-state index in [1.165, 1.54) is 4.90 Å². The number of aliphatic hydroxyl groups is 1. The van der Waals surface area contributed by atoms with Gasteiger partial charge in [0.05, 0.1) is 18.8 Å². The van der Waals surface area contributed by atoms with Crippen LogP contribution in [0.2, 0.25) is 0 Å². The second-order valence-corrected chi connectivity index (χ2v) is 11.6. The molecule has 1 heterocycles. The number of carbonyl (C=O) groups excluding carboxylic acids is 1. The van der Waals surface area contributed by atoms with Crippen molar-refractivity contribution < 1.29 is 19.4 Å². The molecule has 218 valence electrons. The Balaban J connectivity index is 1.33. The second kappa shape index (κ2) is 14.5. The summed E-state index contributed by atoms with van der Waals surface area (Å²) >= 11 is 1.80. The van der Waals surface area contributed by atoms with E-state index in [1.54, 1.807) is 11.8 Å². The minimum Gasteiger partial charge on any atom is -0.392 e. The zero-order valence-corrected chi connectivity index (χ0v) is 24.8. The third-order valence-electron chi connectivity index (χ3n) is 7.51. The fourth-order valence-corrected chi connectivity index (χ4v) is 6.19. The lowest BCUT2D eigenvalue weighted by molar-refractivity contribution is -0.268. The molecule has 42 heavy (non-hydrogen) atoms. The smallest absolute Gasteiger partial charge is 0.315 e. The molecule has 0 radical (unpaired) electrons. The number of benzene rings is 4. The quantitative estimate of drug-likeness (QED) is 0.172. The number of carbonyl (C=O) groups is 1. The molecule has 0 bridgehead atoms. The molecule has 0 aliphatic carbocycles. The van der Waals surface area contributed by atoms with E-state index in [-0.39, 0.29) is 30.8 Å². The Bertz CT molecular complexity index is 1430. The Morgan fingerprint density at radius 3 is 2.26 bits per heavy atom. The predicted octanol–water partition coefficient (Wildman–Crippen LogP) is 7.25. The first-order valence-corrected chi connectivity index (χ1v) is 15.4. The molecule has 1 aliphatic heterocycles. The average Bonchev–Trinajstić information content (AvgIpc) is 3.04. The van der Waals surface area contributed by atoms with Crippen LogP contribution in [0.1, 0.15) is 48.5 Å². The van der Waals surface area contributed by atoms with E-state index in [1.807, 2.05) is 49.4 Å². The van der Waals surface area contributed by atoms with Crippen molar-refractivity contribution in [1.82, 2.24) is 10.6 Å². The van der Waals surface area contributed by atoms with E-state index in [9.17, 15) is 9.90 Å². The second-order valence-electron chi connectivity index (χ2n) is 10.5. The van der Waals surface area contributed by atoms with Gasteiger partial charge in [-0.15, -0.1) is 11.8 Å². The summed E-state index contributed by atoms with van der Waals surface area (Å²) in [7, 11) is 0. The fourth-order valence-electron chi connectivity index (χ4n) is 5.10.